The van der Waals surface area contributed by atoms with Gasteiger partial charge in [0.2, 0.25) is 0 Å². The smallest absolute Gasteiger partial charge is 0.145 e. The van der Waals surface area contributed by atoms with E-state index in [-0.39, 0.29) is 6.04 Å². The van der Waals surface area contributed by atoms with E-state index in [4.69, 9.17) is 19.2 Å². The first kappa shape index (κ1) is 18.0. The van der Waals surface area contributed by atoms with Crippen molar-refractivity contribution in [3.63, 3.8) is 0 Å². The van der Waals surface area contributed by atoms with E-state index in [1.165, 1.54) is 0 Å². The number of ether oxygens (including phenoxy) is 3. The lowest BCUT2D eigenvalue weighted by atomic mass is 10.1. The maximum atomic E-state index is 5.50. The average molecular weight is 356 g/mol. The molecular formula is C19H24N4O3. The molecule has 3 rings (SSSR count). The van der Waals surface area contributed by atoms with Crippen LogP contribution < -0.4 is 14.8 Å². The lowest BCUT2D eigenvalue weighted by Gasteiger charge is -2.20. The first-order valence-corrected chi connectivity index (χ1v) is 8.34. The Morgan fingerprint density at radius 1 is 1.12 bits per heavy atom. The molecule has 0 aliphatic heterocycles. The van der Waals surface area contributed by atoms with Crippen molar-refractivity contribution >= 4 is 16.7 Å². The monoisotopic (exact) mass is 356 g/mol. The van der Waals surface area contributed by atoms with Gasteiger partial charge in [0.25, 0.3) is 0 Å². The third kappa shape index (κ3) is 3.30. The Morgan fingerprint density at radius 3 is 2.46 bits per heavy atom. The van der Waals surface area contributed by atoms with Gasteiger partial charge in [-0.1, -0.05) is 0 Å². The Morgan fingerprint density at radius 2 is 1.85 bits per heavy atom. The second kappa shape index (κ2) is 7.61. The summed E-state index contributed by atoms with van der Waals surface area (Å²) in [7, 11) is 6.89. The number of fused-ring (bicyclic) bond motifs is 1. The van der Waals surface area contributed by atoms with Gasteiger partial charge < -0.3 is 19.5 Å². The van der Waals surface area contributed by atoms with Crippen LogP contribution >= 0.6 is 0 Å². The predicted octanol–water partition coefficient (Wildman–Crippen LogP) is 3.09. The summed E-state index contributed by atoms with van der Waals surface area (Å²) in [5, 5.41) is 8.64. The number of aromatic nitrogens is 3. The maximum absolute atomic E-state index is 5.50. The van der Waals surface area contributed by atoms with Gasteiger partial charge in [0.1, 0.15) is 22.8 Å². The van der Waals surface area contributed by atoms with Gasteiger partial charge in [0, 0.05) is 25.7 Å². The molecule has 1 N–H and O–H groups in total. The first-order chi connectivity index (χ1) is 12.6. The lowest BCUT2D eigenvalue weighted by Crippen LogP contribution is -2.20. The molecule has 26 heavy (non-hydrogen) atoms. The Balaban J connectivity index is 2.06. The third-order valence-electron chi connectivity index (χ3n) is 4.39. The minimum Gasteiger partial charge on any atom is -0.496 e. The van der Waals surface area contributed by atoms with Gasteiger partial charge in [-0.15, -0.1) is 0 Å². The molecule has 1 aromatic carbocycles. The fourth-order valence-electron chi connectivity index (χ4n) is 3.16. The van der Waals surface area contributed by atoms with Gasteiger partial charge in [-0.05, 0) is 36.8 Å². The average Bonchev–Trinajstić information content (AvgIpc) is 3.06. The minimum atomic E-state index is -0.0755. The van der Waals surface area contributed by atoms with Crippen molar-refractivity contribution in [1.82, 2.24) is 14.8 Å². The van der Waals surface area contributed by atoms with E-state index in [0.717, 1.165) is 33.7 Å². The van der Waals surface area contributed by atoms with Gasteiger partial charge >= 0.3 is 0 Å². The fourth-order valence-corrected chi connectivity index (χ4v) is 3.16. The molecule has 0 saturated carbocycles. The highest BCUT2D eigenvalue weighted by atomic mass is 16.5. The summed E-state index contributed by atoms with van der Waals surface area (Å²) in [4.78, 5) is 4.78. The quantitative estimate of drug-likeness (QED) is 0.701. The van der Waals surface area contributed by atoms with E-state index < -0.39 is 0 Å². The zero-order valence-electron chi connectivity index (χ0n) is 15.7. The van der Waals surface area contributed by atoms with Crippen LogP contribution in [0.4, 0.5) is 5.82 Å². The van der Waals surface area contributed by atoms with Crippen molar-refractivity contribution in [2.45, 2.75) is 13.0 Å². The molecule has 0 aliphatic rings. The van der Waals surface area contributed by atoms with Crippen LogP contribution in [0, 0.1) is 6.92 Å². The van der Waals surface area contributed by atoms with Gasteiger partial charge in [0.15, 0.2) is 0 Å². The maximum Gasteiger partial charge on any atom is 0.145 e. The van der Waals surface area contributed by atoms with E-state index >= 15 is 0 Å². The van der Waals surface area contributed by atoms with E-state index in [0.29, 0.717) is 12.4 Å². The molecule has 138 valence electrons. The van der Waals surface area contributed by atoms with Crippen LogP contribution in [0.15, 0.2) is 30.5 Å². The van der Waals surface area contributed by atoms with Crippen LogP contribution in [-0.2, 0) is 11.8 Å². The van der Waals surface area contributed by atoms with Crippen molar-refractivity contribution in [3.8, 4) is 11.5 Å². The van der Waals surface area contributed by atoms with Crippen molar-refractivity contribution in [2.75, 3.05) is 33.3 Å². The number of hydrogen-bond acceptors (Lipinski definition) is 6. The highest BCUT2D eigenvalue weighted by Gasteiger charge is 2.18. The molecule has 0 fully saturated rings. The molecule has 1 atom stereocenters. The molecule has 0 spiro atoms. The summed E-state index contributed by atoms with van der Waals surface area (Å²) in [6, 6.07) is 7.66. The normalized spacial score (nSPS) is 12.2. The van der Waals surface area contributed by atoms with Crippen LogP contribution in [0.3, 0.4) is 0 Å². The standard InChI is InChI=1S/C19H24N4O3/c1-12-10-17(21-13(11-24-3)14-8-9-20-23(14)2)22-19-16(26-5)7-6-15(25-4)18(12)19/h6-10,13H,11H2,1-5H3,(H,21,22). The molecule has 0 saturated heterocycles. The highest BCUT2D eigenvalue weighted by Crippen LogP contribution is 2.35. The number of benzene rings is 1. The first-order valence-electron chi connectivity index (χ1n) is 8.34. The number of nitrogens with zero attached hydrogens (tertiary/aromatic N) is 3. The Hall–Kier alpha value is -2.80. The van der Waals surface area contributed by atoms with E-state index in [1.807, 2.05) is 42.9 Å². The predicted molar refractivity (Wildman–Crippen MR) is 101 cm³/mol. The van der Waals surface area contributed by atoms with E-state index in [1.54, 1.807) is 27.5 Å². The van der Waals surface area contributed by atoms with Crippen LogP contribution in [0.1, 0.15) is 17.3 Å². The summed E-state index contributed by atoms with van der Waals surface area (Å²) in [5.74, 6) is 2.22. The zero-order chi connectivity index (χ0) is 18.7. The molecule has 0 bridgehead atoms. The van der Waals surface area contributed by atoms with Crippen molar-refractivity contribution < 1.29 is 14.2 Å². The molecule has 3 aromatic rings. The number of nitrogens with one attached hydrogen (secondary N) is 1. The van der Waals surface area contributed by atoms with E-state index in [9.17, 15) is 0 Å². The van der Waals surface area contributed by atoms with Crippen molar-refractivity contribution in [1.29, 1.82) is 0 Å². The summed E-state index contributed by atoms with van der Waals surface area (Å²) >= 11 is 0. The number of methoxy groups -OCH3 is 3. The van der Waals surface area contributed by atoms with Crippen molar-refractivity contribution in [3.05, 3.63) is 41.7 Å². The number of anilines is 1. The Kier molecular flexibility index (Phi) is 5.27. The van der Waals surface area contributed by atoms with Crippen LogP contribution in [0.2, 0.25) is 0 Å². The van der Waals surface area contributed by atoms with Gasteiger partial charge in [-0.3, -0.25) is 4.68 Å². The SMILES string of the molecule is COCC(Nc1cc(C)c2c(OC)ccc(OC)c2n1)c1ccnn1C. The van der Waals surface area contributed by atoms with Gasteiger partial charge in [-0.2, -0.15) is 5.10 Å². The molecule has 7 heteroatoms. The second-order valence-electron chi connectivity index (χ2n) is 6.05. The Bertz CT molecular complexity index is 907. The number of aryl methyl sites for hydroxylation is 2. The molecule has 0 amide bonds. The van der Waals surface area contributed by atoms with Gasteiger partial charge in [-0.25, -0.2) is 4.98 Å². The van der Waals surface area contributed by atoms with Gasteiger partial charge in [0.05, 0.1) is 32.6 Å². The molecule has 0 radical (unpaired) electrons. The van der Waals surface area contributed by atoms with Crippen molar-refractivity contribution in [2.24, 2.45) is 7.05 Å². The Labute approximate surface area is 152 Å². The summed E-state index contributed by atoms with van der Waals surface area (Å²) < 4.78 is 18.2. The summed E-state index contributed by atoms with van der Waals surface area (Å²) in [6.07, 6.45) is 1.77. The zero-order valence-corrected chi connectivity index (χ0v) is 15.7. The number of hydrogen-bond donors (Lipinski definition) is 1. The molecular weight excluding hydrogens is 332 g/mol. The number of rotatable bonds is 7. The van der Waals surface area contributed by atoms with Crippen LogP contribution in [-0.4, -0.2) is 42.7 Å². The molecule has 2 heterocycles. The lowest BCUT2D eigenvalue weighted by molar-refractivity contribution is 0.184. The fraction of sp³-hybridized carbons (Fsp3) is 0.368. The van der Waals surface area contributed by atoms with Crippen LogP contribution in [0.5, 0.6) is 11.5 Å². The highest BCUT2D eigenvalue weighted by molar-refractivity contribution is 5.94. The second-order valence-corrected chi connectivity index (χ2v) is 6.05. The number of pyridine rings is 1. The summed E-state index contributed by atoms with van der Waals surface area (Å²) in [5.41, 5.74) is 2.83. The minimum absolute atomic E-state index is 0.0755. The summed E-state index contributed by atoms with van der Waals surface area (Å²) in [6.45, 7) is 2.53. The van der Waals surface area contributed by atoms with E-state index in [2.05, 4.69) is 10.4 Å². The third-order valence-corrected chi connectivity index (χ3v) is 4.39. The largest absolute Gasteiger partial charge is 0.496 e. The molecule has 2 aromatic heterocycles. The molecule has 7 nitrogen and oxygen atoms in total. The molecule has 0 aliphatic carbocycles. The topological polar surface area (TPSA) is 70.4 Å². The molecule has 1 unspecified atom stereocenters. The van der Waals surface area contributed by atoms with Crippen LogP contribution in [0.25, 0.3) is 10.9 Å².